The summed E-state index contributed by atoms with van der Waals surface area (Å²) in [5, 5.41) is 0. The highest BCUT2D eigenvalue weighted by Crippen LogP contribution is 2.24. The van der Waals surface area contributed by atoms with Crippen LogP contribution in [0.4, 0.5) is 8.78 Å². The summed E-state index contributed by atoms with van der Waals surface area (Å²) in [5.74, 6) is -4.07. The lowest BCUT2D eigenvalue weighted by atomic mass is 9.98. The third-order valence-corrected chi connectivity index (χ3v) is 6.53. The lowest BCUT2D eigenvalue weighted by Gasteiger charge is -2.29. The van der Waals surface area contributed by atoms with Crippen LogP contribution in [-0.2, 0) is 19.6 Å². The maximum atomic E-state index is 13.2. The average molecular weight is 424 g/mol. The molecule has 2 aromatic rings. The third-order valence-electron chi connectivity index (χ3n) is 4.65. The molecule has 1 saturated heterocycles. The van der Waals surface area contributed by atoms with Gasteiger partial charge in [-0.1, -0.05) is 0 Å². The fourth-order valence-corrected chi connectivity index (χ4v) is 4.42. The Kier molecular flexibility index (Phi) is 6.33. The highest BCUT2D eigenvalue weighted by Gasteiger charge is 2.33. The maximum Gasteiger partial charge on any atom is 0.309 e. The van der Waals surface area contributed by atoms with Gasteiger partial charge in [-0.15, -0.1) is 0 Å². The number of esters is 1. The van der Waals surface area contributed by atoms with E-state index in [0.717, 1.165) is 18.2 Å². The number of rotatable bonds is 6. The minimum atomic E-state index is -3.68. The molecule has 29 heavy (non-hydrogen) atoms. The van der Waals surface area contributed by atoms with Crippen LogP contribution in [0.15, 0.2) is 47.6 Å². The van der Waals surface area contributed by atoms with E-state index in [-0.39, 0.29) is 36.4 Å². The van der Waals surface area contributed by atoms with Crippen molar-refractivity contribution in [1.82, 2.24) is 9.29 Å². The van der Waals surface area contributed by atoms with E-state index in [1.807, 2.05) is 0 Å². The average Bonchev–Trinajstić information content (AvgIpc) is 2.74. The highest BCUT2D eigenvalue weighted by molar-refractivity contribution is 7.89. The maximum absolute atomic E-state index is 13.2. The van der Waals surface area contributed by atoms with E-state index in [2.05, 4.69) is 4.98 Å². The Morgan fingerprint density at radius 3 is 2.48 bits per heavy atom. The molecule has 0 radical (unpaired) electrons. The number of sulfonamides is 1. The number of aromatic nitrogens is 1. The summed E-state index contributed by atoms with van der Waals surface area (Å²) in [6, 6.07) is 5.65. The lowest BCUT2D eigenvalue weighted by Crippen LogP contribution is -2.40. The fourth-order valence-electron chi connectivity index (χ4n) is 2.99. The molecule has 7 nitrogen and oxygen atoms in total. The van der Waals surface area contributed by atoms with Gasteiger partial charge >= 0.3 is 5.97 Å². The van der Waals surface area contributed by atoms with Gasteiger partial charge in [-0.2, -0.15) is 4.31 Å². The molecule has 0 saturated carbocycles. The van der Waals surface area contributed by atoms with E-state index < -0.39 is 45.9 Å². The number of carbonyl (C=O) groups is 2. The van der Waals surface area contributed by atoms with E-state index in [1.165, 1.54) is 28.8 Å². The van der Waals surface area contributed by atoms with Gasteiger partial charge in [-0.25, -0.2) is 17.2 Å². The SMILES string of the molecule is O=C(COC(=O)C1CCN(S(=O)(=O)c2cccnc2)CC1)c1ccc(F)c(F)c1. The number of pyridine rings is 1. The number of hydrogen-bond acceptors (Lipinski definition) is 6. The van der Waals surface area contributed by atoms with Crippen molar-refractivity contribution in [3.63, 3.8) is 0 Å². The zero-order valence-corrected chi connectivity index (χ0v) is 16.1. The van der Waals surface area contributed by atoms with Gasteiger partial charge in [0.25, 0.3) is 0 Å². The summed E-state index contributed by atoms with van der Waals surface area (Å²) < 4.78 is 57.5. The van der Waals surface area contributed by atoms with Gasteiger partial charge in [0.1, 0.15) is 4.90 Å². The van der Waals surface area contributed by atoms with Gasteiger partial charge in [0.15, 0.2) is 24.0 Å². The number of halogens is 2. The minimum absolute atomic E-state index is 0.0816. The molecular weight excluding hydrogens is 406 g/mol. The van der Waals surface area contributed by atoms with Crippen LogP contribution < -0.4 is 0 Å². The molecule has 1 aromatic carbocycles. The van der Waals surface area contributed by atoms with Crippen LogP contribution in [0.5, 0.6) is 0 Å². The van der Waals surface area contributed by atoms with Crippen LogP contribution in [0.2, 0.25) is 0 Å². The number of ketones is 1. The van der Waals surface area contributed by atoms with Crippen molar-refractivity contribution >= 4 is 21.8 Å². The van der Waals surface area contributed by atoms with Gasteiger partial charge in [0, 0.05) is 31.0 Å². The Labute approximate surface area is 166 Å². The standard InChI is InChI=1S/C19H18F2N2O5S/c20-16-4-3-14(10-17(16)21)18(24)12-28-19(25)13-5-8-23(9-6-13)29(26,27)15-2-1-7-22-11-15/h1-4,7,10-11,13H,5-6,8-9,12H2. The smallest absolute Gasteiger partial charge is 0.309 e. The first-order valence-corrected chi connectivity index (χ1v) is 10.3. The summed E-state index contributed by atoms with van der Waals surface area (Å²) in [5.41, 5.74) is -0.103. The molecule has 154 valence electrons. The quantitative estimate of drug-likeness (QED) is 0.521. The summed E-state index contributed by atoms with van der Waals surface area (Å²) >= 11 is 0. The Morgan fingerprint density at radius 2 is 1.86 bits per heavy atom. The number of Topliss-reactive ketones (excluding diaryl/α,β-unsaturated/α-hetero) is 1. The Bertz CT molecular complexity index is 1010. The number of nitrogens with zero attached hydrogens (tertiary/aromatic N) is 2. The van der Waals surface area contributed by atoms with Crippen molar-refractivity contribution in [3.05, 3.63) is 59.9 Å². The molecule has 0 bridgehead atoms. The molecule has 1 fully saturated rings. The monoisotopic (exact) mass is 424 g/mol. The molecular formula is C19H18F2N2O5S. The minimum Gasteiger partial charge on any atom is -0.457 e. The highest BCUT2D eigenvalue weighted by atomic mass is 32.2. The first-order valence-electron chi connectivity index (χ1n) is 8.84. The van der Waals surface area contributed by atoms with Crippen molar-refractivity contribution < 1.29 is 31.5 Å². The van der Waals surface area contributed by atoms with Crippen LogP contribution in [0.25, 0.3) is 0 Å². The number of benzene rings is 1. The summed E-state index contributed by atoms with van der Waals surface area (Å²) in [7, 11) is -3.68. The zero-order valence-electron chi connectivity index (χ0n) is 15.3. The number of piperidine rings is 1. The van der Waals surface area contributed by atoms with Gasteiger partial charge in [0.2, 0.25) is 10.0 Å². The molecule has 10 heteroatoms. The summed E-state index contributed by atoms with van der Waals surface area (Å²) in [6.07, 6.45) is 3.23. The van der Waals surface area contributed by atoms with E-state index in [9.17, 15) is 26.8 Å². The van der Waals surface area contributed by atoms with Gasteiger partial charge in [-0.05, 0) is 43.2 Å². The number of hydrogen-bond donors (Lipinski definition) is 0. The second-order valence-electron chi connectivity index (χ2n) is 6.53. The molecule has 0 atom stereocenters. The van der Waals surface area contributed by atoms with E-state index in [1.54, 1.807) is 0 Å². The summed E-state index contributed by atoms with van der Waals surface area (Å²) in [6.45, 7) is -0.333. The lowest BCUT2D eigenvalue weighted by molar-refractivity contribution is -0.148. The molecule has 1 aliphatic rings. The van der Waals surface area contributed by atoms with Crippen LogP contribution in [0, 0.1) is 17.6 Å². The molecule has 0 unspecified atom stereocenters. The number of carbonyl (C=O) groups excluding carboxylic acids is 2. The molecule has 0 spiro atoms. The predicted molar refractivity (Wildman–Crippen MR) is 97.4 cm³/mol. The van der Waals surface area contributed by atoms with Crippen LogP contribution >= 0.6 is 0 Å². The summed E-state index contributed by atoms with van der Waals surface area (Å²) in [4.78, 5) is 28.1. The largest absolute Gasteiger partial charge is 0.457 e. The van der Waals surface area contributed by atoms with Crippen molar-refractivity contribution in [2.24, 2.45) is 5.92 Å². The van der Waals surface area contributed by atoms with Crippen LogP contribution in [0.3, 0.4) is 0 Å². The van der Waals surface area contributed by atoms with Crippen molar-refractivity contribution in [2.75, 3.05) is 19.7 Å². The van der Waals surface area contributed by atoms with E-state index >= 15 is 0 Å². The molecule has 0 N–H and O–H groups in total. The van der Waals surface area contributed by atoms with Gasteiger partial charge in [-0.3, -0.25) is 14.6 Å². The number of ether oxygens (including phenoxy) is 1. The van der Waals surface area contributed by atoms with Gasteiger partial charge in [0.05, 0.1) is 5.92 Å². The topological polar surface area (TPSA) is 93.6 Å². The van der Waals surface area contributed by atoms with Gasteiger partial charge < -0.3 is 4.74 Å². The molecule has 0 amide bonds. The van der Waals surface area contributed by atoms with E-state index in [0.29, 0.717) is 0 Å². The third kappa shape index (κ3) is 4.83. The van der Waals surface area contributed by atoms with Crippen molar-refractivity contribution in [1.29, 1.82) is 0 Å². The van der Waals surface area contributed by atoms with Crippen molar-refractivity contribution in [2.45, 2.75) is 17.7 Å². The van der Waals surface area contributed by atoms with Crippen LogP contribution in [0.1, 0.15) is 23.2 Å². The predicted octanol–water partition coefficient (Wildman–Crippen LogP) is 2.19. The first-order chi connectivity index (χ1) is 13.8. The van der Waals surface area contributed by atoms with Crippen molar-refractivity contribution in [3.8, 4) is 0 Å². The molecule has 2 heterocycles. The molecule has 1 aromatic heterocycles. The molecule has 0 aliphatic carbocycles. The Balaban J connectivity index is 1.52. The van der Waals surface area contributed by atoms with E-state index in [4.69, 9.17) is 4.74 Å². The Hall–Kier alpha value is -2.72. The molecule has 3 rings (SSSR count). The Morgan fingerprint density at radius 1 is 1.14 bits per heavy atom. The fraction of sp³-hybridized carbons (Fsp3) is 0.316. The van der Waals surface area contributed by atoms with Crippen LogP contribution in [-0.4, -0.2) is 49.2 Å². The normalized spacial score (nSPS) is 15.8. The second kappa shape index (κ2) is 8.75. The molecule has 1 aliphatic heterocycles. The first kappa shape index (κ1) is 21.0. The zero-order chi connectivity index (χ0) is 21.0. The second-order valence-corrected chi connectivity index (χ2v) is 8.46.